The fourth-order valence-corrected chi connectivity index (χ4v) is 14.0. The lowest BCUT2D eigenvalue weighted by Gasteiger charge is -2.67. The van der Waals surface area contributed by atoms with Crippen LogP contribution in [0.3, 0.4) is 0 Å². The highest BCUT2D eigenvalue weighted by Crippen LogP contribution is 2.69. The quantitative estimate of drug-likeness (QED) is 0.193. The van der Waals surface area contributed by atoms with Crippen LogP contribution in [-0.4, -0.2) is 4.57 Å². The lowest BCUT2D eigenvalue weighted by atomic mass is 9.38. The topological polar surface area (TPSA) is 18.1 Å². The number of nitrogens with zero attached hydrogens (tertiary/aromatic N) is 1. The number of rotatable bonds is 1. The van der Waals surface area contributed by atoms with E-state index in [1.807, 2.05) is 0 Å². The van der Waals surface area contributed by atoms with Gasteiger partial charge in [-0.15, -0.1) is 0 Å². The standard InChI is InChI=1S/C42H47NO/c1-2-10-26-25(9-1)30-13-7-15-32-27-20-19-24(21-34(27)33-16-8-14-31(26)42(33)41(30)32)43-37-17-5-3-11-28(37)35-23-40-36(22-38(35)43)29-12-4-6-18-39(29)44-40/h3-6,11-12,17-18,22-27,30-34,41-42H,1-2,7-10,13-16,19-21H2. The van der Waals surface area contributed by atoms with E-state index in [0.717, 1.165) is 70.3 Å². The first kappa shape index (κ1) is 25.5. The number of fused-ring (bicyclic) bond motifs is 12. The fraction of sp³-hybridized carbons (Fsp3) is 0.571. The van der Waals surface area contributed by atoms with E-state index < -0.39 is 0 Å². The van der Waals surface area contributed by atoms with Crippen LogP contribution >= 0.6 is 0 Å². The molecule has 11 rings (SSSR count). The minimum atomic E-state index is 0.608. The Balaban J connectivity index is 1.04. The lowest BCUT2D eigenvalue weighted by Crippen LogP contribution is -2.61. The summed E-state index contributed by atoms with van der Waals surface area (Å²) in [5.74, 6) is 10.5. The fourth-order valence-electron chi connectivity index (χ4n) is 14.0. The third-order valence-corrected chi connectivity index (χ3v) is 15.1. The number of hydrogen-bond donors (Lipinski definition) is 0. The minimum absolute atomic E-state index is 0.608. The predicted octanol–water partition coefficient (Wildman–Crippen LogP) is 11.5. The van der Waals surface area contributed by atoms with Crippen molar-refractivity contribution in [1.29, 1.82) is 0 Å². The van der Waals surface area contributed by atoms with Crippen LogP contribution in [0.1, 0.15) is 89.5 Å². The molecule has 2 heterocycles. The average Bonchev–Trinajstić information content (AvgIpc) is 3.61. The summed E-state index contributed by atoms with van der Waals surface area (Å²) in [6.07, 6.45) is 19.7. The maximum Gasteiger partial charge on any atom is 0.136 e. The van der Waals surface area contributed by atoms with E-state index in [0.29, 0.717) is 6.04 Å². The van der Waals surface area contributed by atoms with Crippen LogP contribution in [0.4, 0.5) is 0 Å². The Morgan fingerprint density at radius 1 is 0.455 bits per heavy atom. The molecule has 2 nitrogen and oxygen atoms in total. The normalized spacial score (nSPS) is 39.8. The van der Waals surface area contributed by atoms with Gasteiger partial charge in [-0.1, -0.05) is 62.1 Å². The first-order chi connectivity index (χ1) is 21.8. The van der Waals surface area contributed by atoms with Gasteiger partial charge in [-0.3, -0.25) is 0 Å². The summed E-state index contributed by atoms with van der Waals surface area (Å²) in [4.78, 5) is 0. The summed E-state index contributed by atoms with van der Waals surface area (Å²) in [5, 5.41) is 5.31. The Kier molecular flexibility index (Phi) is 5.44. The first-order valence-corrected chi connectivity index (χ1v) is 18.7. The van der Waals surface area contributed by atoms with Crippen LogP contribution in [-0.2, 0) is 0 Å². The van der Waals surface area contributed by atoms with Crippen LogP contribution in [0.5, 0.6) is 0 Å². The largest absolute Gasteiger partial charge is 0.456 e. The monoisotopic (exact) mass is 581 g/mol. The molecule has 11 atom stereocenters. The summed E-state index contributed by atoms with van der Waals surface area (Å²) in [6, 6.07) is 23.3. The molecule has 0 amide bonds. The molecule has 0 N–H and O–H groups in total. The Bertz CT molecular complexity index is 1910. The van der Waals surface area contributed by atoms with Gasteiger partial charge in [0.25, 0.3) is 0 Å². The highest BCUT2D eigenvalue weighted by atomic mass is 16.3. The highest BCUT2D eigenvalue weighted by molar-refractivity contribution is 6.16. The van der Waals surface area contributed by atoms with E-state index >= 15 is 0 Å². The van der Waals surface area contributed by atoms with E-state index in [1.54, 1.807) is 32.1 Å². The van der Waals surface area contributed by atoms with Crippen molar-refractivity contribution in [2.24, 2.45) is 59.2 Å². The second-order valence-electron chi connectivity index (χ2n) is 16.4. The van der Waals surface area contributed by atoms with Crippen LogP contribution in [0.15, 0.2) is 65.1 Å². The van der Waals surface area contributed by atoms with Gasteiger partial charge in [0, 0.05) is 33.1 Å². The molecular weight excluding hydrogens is 534 g/mol. The van der Waals surface area contributed by atoms with Gasteiger partial charge >= 0.3 is 0 Å². The van der Waals surface area contributed by atoms with E-state index in [1.165, 1.54) is 83.9 Å². The second kappa shape index (κ2) is 9.40. The summed E-state index contributed by atoms with van der Waals surface area (Å²) >= 11 is 0. The molecule has 6 fully saturated rings. The zero-order valence-corrected chi connectivity index (χ0v) is 26.2. The van der Waals surface area contributed by atoms with Gasteiger partial charge in [0.1, 0.15) is 11.2 Å². The molecule has 2 heteroatoms. The molecule has 0 saturated heterocycles. The van der Waals surface area contributed by atoms with Crippen molar-refractivity contribution in [3.05, 3.63) is 60.7 Å². The predicted molar refractivity (Wildman–Crippen MR) is 181 cm³/mol. The number of para-hydroxylation sites is 2. The maximum atomic E-state index is 6.40. The molecule has 6 aliphatic rings. The van der Waals surface area contributed by atoms with Gasteiger partial charge in [-0.25, -0.2) is 0 Å². The van der Waals surface area contributed by atoms with Crippen LogP contribution < -0.4 is 0 Å². The molecule has 0 radical (unpaired) electrons. The van der Waals surface area contributed by atoms with E-state index in [-0.39, 0.29) is 0 Å². The molecule has 3 aromatic carbocycles. The Morgan fingerprint density at radius 3 is 1.82 bits per heavy atom. The highest BCUT2D eigenvalue weighted by Gasteiger charge is 2.62. The summed E-state index contributed by atoms with van der Waals surface area (Å²) in [7, 11) is 0. The minimum Gasteiger partial charge on any atom is -0.456 e. The van der Waals surface area contributed by atoms with Crippen molar-refractivity contribution in [1.82, 2.24) is 4.57 Å². The molecule has 6 aliphatic carbocycles. The van der Waals surface area contributed by atoms with Crippen molar-refractivity contribution in [2.45, 2.75) is 89.5 Å². The third kappa shape index (κ3) is 3.34. The smallest absolute Gasteiger partial charge is 0.136 e. The van der Waals surface area contributed by atoms with E-state index in [2.05, 4.69) is 65.2 Å². The number of benzene rings is 3. The van der Waals surface area contributed by atoms with Crippen molar-refractivity contribution >= 4 is 43.7 Å². The molecule has 6 saturated carbocycles. The van der Waals surface area contributed by atoms with Crippen molar-refractivity contribution in [3.8, 4) is 0 Å². The Labute approximate surface area is 261 Å². The van der Waals surface area contributed by atoms with Crippen LogP contribution in [0.2, 0.25) is 0 Å². The van der Waals surface area contributed by atoms with Crippen molar-refractivity contribution in [2.75, 3.05) is 0 Å². The van der Waals surface area contributed by atoms with Gasteiger partial charge < -0.3 is 8.98 Å². The van der Waals surface area contributed by atoms with Crippen molar-refractivity contribution in [3.63, 3.8) is 0 Å². The van der Waals surface area contributed by atoms with Crippen LogP contribution in [0, 0.1) is 59.2 Å². The molecule has 0 bridgehead atoms. The molecule has 11 unspecified atom stereocenters. The molecule has 44 heavy (non-hydrogen) atoms. The molecule has 2 aromatic heterocycles. The van der Waals surface area contributed by atoms with Gasteiger partial charge in [0.15, 0.2) is 0 Å². The molecule has 226 valence electrons. The molecule has 0 spiro atoms. The van der Waals surface area contributed by atoms with Crippen molar-refractivity contribution < 1.29 is 4.42 Å². The van der Waals surface area contributed by atoms with Gasteiger partial charge in [0.2, 0.25) is 0 Å². The number of hydrogen-bond acceptors (Lipinski definition) is 1. The van der Waals surface area contributed by atoms with Crippen LogP contribution in [0.25, 0.3) is 43.7 Å². The zero-order chi connectivity index (χ0) is 28.5. The Morgan fingerprint density at radius 2 is 1.07 bits per heavy atom. The van der Waals surface area contributed by atoms with Gasteiger partial charge in [-0.05, 0) is 141 Å². The molecular formula is C42H47NO. The summed E-state index contributed by atoms with van der Waals surface area (Å²) in [6.45, 7) is 0. The van der Waals surface area contributed by atoms with E-state index in [4.69, 9.17) is 4.42 Å². The zero-order valence-electron chi connectivity index (χ0n) is 26.2. The number of furan rings is 1. The van der Waals surface area contributed by atoms with Gasteiger partial charge in [-0.2, -0.15) is 0 Å². The Hall–Kier alpha value is -2.74. The third-order valence-electron chi connectivity index (χ3n) is 15.1. The summed E-state index contributed by atoms with van der Waals surface area (Å²) in [5.41, 5.74) is 4.92. The van der Waals surface area contributed by atoms with Gasteiger partial charge in [0.05, 0.1) is 5.52 Å². The maximum absolute atomic E-state index is 6.40. The second-order valence-corrected chi connectivity index (χ2v) is 16.4. The lowest BCUT2D eigenvalue weighted by molar-refractivity contribution is -0.189. The SMILES string of the molecule is c1ccc2c(c1)oc1cc3c4ccccc4n(C4CCC5C(C4)C4CCCC6C7CCCCC7C7CCCC5C7C64)c3cc12. The molecule has 5 aromatic rings. The molecule has 0 aliphatic heterocycles. The first-order valence-electron chi connectivity index (χ1n) is 18.7. The number of aromatic nitrogens is 1. The summed E-state index contributed by atoms with van der Waals surface area (Å²) < 4.78 is 9.23. The van der Waals surface area contributed by atoms with E-state index in [9.17, 15) is 0 Å². The average molecular weight is 582 g/mol.